The summed E-state index contributed by atoms with van der Waals surface area (Å²) in [6.45, 7) is 6.59. The van der Waals surface area contributed by atoms with Crippen molar-refractivity contribution in [1.29, 1.82) is 0 Å². The molecule has 0 bridgehead atoms. The van der Waals surface area contributed by atoms with E-state index in [0.717, 1.165) is 38.3 Å². The van der Waals surface area contributed by atoms with E-state index in [9.17, 15) is 5.11 Å². The Morgan fingerprint density at radius 3 is 1.34 bits per heavy atom. The Bertz CT molecular complexity index is 1930. The topological polar surface area (TPSA) is 26.9 Å². The lowest BCUT2D eigenvalue weighted by Gasteiger charge is -2.20. The summed E-state index contributed by atoms with van der Waals surface area (Å²) in [7, 11) is 0. The van der Waals surface area contributed by atoms with Crippen LogP contribution in [0.1, 0.15) is 16.7 Å². The SMILES string of the molecule is Cc1cc(C)c(-c2c3ccccc3[n+](-c3c4ccccc4c([O-])c4ccccc34)c3ccccc23)c(C)c1. The zero-order chi connectivity index (χ0) is 26.0. The van der Waals surface area contributed by atoms with Gasteiger partial charge >= 0.3 is 0 Å². The lowest BCUT2D eigenvalue weighted by Crippen LogP contribution is -2.34. The molecule has 6 aromatic carbocycles. The molecule has 1 aromatic heterocycles. The Morgan fingerprint density at radius 1 is 0.474 bits per heavy atom. The second-order valence-corrected chi connectivity index (χ2v) is 10.3. The molecule has 2 heteroatoms. The van der Waals surface area contributed by atoms with Crippen molar-refractivity contribution in [3.05, 3.63) is 126 Å². The molecule has 0 saturated carbocycles. The van der Waals surface area contributed by atoms with Crippen LogP contribution in [0.3, 0.4) is 0 Å². The average molecular weight is 490 g/mol. The highest BCUT2D eigenvalue weighted by Crippen LogP contribution is 2.41. The van der Waals surface area contributed by atoms with Crippen molar-refractivity contribution in [2.75, 3.05) is 0 Å². The monoisotopic (exact) mass is 489 g/mol. The van der Waals surface area contributed by atoms with E-state index in [1.54, 1.807) is 0 Å². The fourth-order valence-electron chi connectivity index (χ4n) is 6.43. The van der Waals surface area contributed by atoms with Crippen LogP contribution in [0.2, 0.25) is 0 Å². The lowest BCUT2D eigenvalue weighted by molar-refractivity contribution is -0.534. The van der Waals surface area contributed by atoms with Crippen LogP contribution in [0.5, 0.6) is 5.75 Å². The first-order valence-electron chi connectivity index (χ1n) is 13.1. The molecule has 2 nitrogen and oxygen atoms in total. The third kappa shape index (κ3) is 3.17. The van der Waals surface area contributed by atoms with Crippen LogP contribution >= 0.6 is 0 Å². The molecule has 7 aromatic rings. The number of aryl methyl sites for hydroxylation is 3. The molecule has 0 fully saturated rings. The predicted octanol–water partition coefficient (Wildman–Crippen LogP) is 8.24. The van der Waals surface area contributed by atoms with E-state index in [1.807, 2.05) is 36.4 Å². The van der Waals surface area contributed by atoms with Crippen molar-refractivity contribution < 1.29 is 9.67 Å². The van der Waals surface area contributed by atoms with Crippen molar-refractivity contribution in [3.63, 3.8) is 0 Å². The van der Waals surface area contributed by atoms with Crippen LogP contribution in [-0.4, -0.2) is 0 Å². The summed E-state index contributed by atoms with van der Waals surface area (Å²) in [6, 6.07) is 37.9. The number of pyridine rings is 1. The number of aromatic nitrogens is 1. The first-order chi connectivity index (χ1) is 18.5. The normalized spacial score (nSPS) is 11.7. The van der Waals surface area contributed by atoms with E-state index in [2.05, 4.69) is 98.1 Å². The van der Waals surface area contributed by atoms with Crippen molar-refractivity contribution in [2.24, 2.45) is 0 Å². The maximum atomic E-state index is 13.5. The van der Waals surface area contributed by atoms with Gasteiger partial charge in [-0.2, -0.15) is 4.57 Å². The predicted molar refractivity (Wildman–Crippen MR) is 157 cm³/mol. The second-order valence-electron chi connectivity index (χ2n) is 10.3. The zero-order valence-electron chi connectivity index (χ0n) is 21.7. The molecule has 0 atom stereocenters. The Kier molecular flexibility index (Phi) is 4.99. The maximum absolute atomic E-state index is 13.5. The molecule has 38 heavy (non-hydrogen) atoms. The fraction of sp³-hybridized carbons (Fsp3) is 0.0833. The largest absolute Gasteiger partial charge is 0.872 e. The summed E-state index contributed by atoms with van der Waals surface area (Å²) in [6.07, 6.45) is 0. The minimum Gasteiger partial charge on any atom is -0.872 e. The summed E-state index contributed by atoms with van der Waals surface area (Å²) in [5, 5.41) is 19.3. The molecule has 0 amide bonds. The van der Waals surface area contributed by atoms with Gasteiger partial charge in [-0.05, 0) is 72.5 Å². The number of rotatable bonds is 2. The number of hydrogen-bond acceptors (Lipinski definition) is 1. The van der Waals surface area contributed by atoms with Gasteiger partial charge < -0.3 is 5.11 Å². The van der Waals surface area contributed by atoms with Crippen LogP contribution in [-0.2, 0) is 0 Å². The van der Waals surface area contributed by atoms with Crippen LogP contribution in [0.15, 0.2) is 109 Å². The van der Waals surface area contributed by atoms with Crippen molar-refractivity contribution >= 4 is 43.4 Å². The van der Waals surface area contributed by atoms with Gasteiger partial charge in [-0.3, -0.25) is 0 Å². The quantitative estimate of drug-likeness (QED) is 0.177. The fourth-order valence-corrected chi connectivity index (χ4v) is 6.43. The van der Waals surface area contributed by atoms with Gasteiger partial charge in [0.25, 0.3) is 0 Å². The molecule has 0 unspecified atom stereocenters. The maximum Gasteiger partial charge on any atom is 0.227 e. The lowest BCUT2D eigenvalue weighted by atomic mass is 9.88. The van der Waals surface area contributed by atoms with Gasteiger partial charge in [0.2, 0.25) is 16.7 Å². The Labute approximate surface area is 222 Å². The van der Waals surface area contributed by atoms with Gasteiger partial charge in [0.15, 0.2) is 0 Å². The van der Waals surface area contributed by atoms with Gasteiger partial charge in [0, 0.05) is 17.7 Å². The van der Waals surface area contributed by atoms with Crippen molar-refractivity contribution in [1.82, 2.24) is 0 Å². The molecular formula is C36H27NO. The molecule has 7 rings (SSSR count). The van der Waals surface area contributed by atoms with E-state index < -0.39 is 0 Å². The van der Waals surface area contributed by atoms with Crippen molar-refractivity contribution in [3.8, 4) is 22.6 Å². The van der Waals surface area contributed by atoms with Gasteiger partial charge in [0.1, 0.15) is 0 Å². The summed E-state index contributed by atoms with van der Waals surface area (Å²) in [4.78, 5) is 0. The molecule has 182 valence electrons. The zero-order valence-corrected chi connectivity index (χ0v) is 21.7. The summed E-state index contributed by atoms with van der Waals surface area (Å²) in [5.41, 5.74) is 9.68. The highest BCUT2D eigenvalue weighted by atomic mass is 16.3. The number of benzene rings is 6. The first kappa shape index (κ1) is 22.5. The number of para-hydroxylation sites is 2. The minimum atomic E-state index is 0.0803. The highest BCUT2D eigenvalue weighted by Gasteiger charge is 2.27. The number of fused-ring (bicyclic) bond motifs is 4. The van der Waals surface area contributed by atoms with E-state index in [-0.39, 0.29) is 5.75 Å². The molecule has 0 aliphatic heterocycles. The molecule has 0 aliphatic rings. The third-order valence-electron chi connectivity index (χ3n) is 7.83. The third-order valence-corrected chi connectivity index (χ3v) is 7.83. The first-order valence-corrected chi connectivity index (χ1v) is 13.1. The van der Waals surface area contributed by atoms with Gasteiger partial charge in [-0.15, -0.1) is 0 Å². The average Bonchev–Trinajstić information content (AvgIpc) is 2.93. The molecular weight excluding hydrogens is 462 g/mol. The number of hydrogen-bond donors (Lipinski definition) is 0. The second kappa shape index (κ2) is 8.43. The molecule has 0 saturated heterocycles. The smallest absolute Gasteiger partial charge is 0.227 e. The molecule has 1 heterocycles. The standard InChI is InChI=1S/C36H27NO/c1-22-20-23(2)33(24(3)21-22)34-29-16-8-10-18-31(29)37(32-19-11-9-17-30(32)34)35-25-12-4-6-14-27(25)36(38)28-15-7-5-13-26(28)35/h4-21H,1-3H3. The highest BCUT2D eigenvalue weighted by molar-refractivity contribution is 6.13. The summed E-state index contributed by atoms with van der Waals surface area (Å²) in [5.74, 6) is 0.0803. The summed E-state index contributed by atoms with van der Waals surface area (Å²) >= 11 is 0. The minimum absolute atomic E-state index is 0.0803. The van der Waals surface area contributed by atoms with Crippen LogP contribution in [0.4, 0.5) is 0 Å². The van der Waals surface area contributed by atoms with Crippen LogP contribution in [0.25, 0.3) is 60.2 Å². The van der Waals surface area contributed by atoms with Crippen LogP contribution < -0.4 is 9.67 Å². The van der Waals surface area contributed by atoms with E-state index >= 15 is 0 Å². The van der Waals surface area contributed by atoms with Gasteiger partial charge in [-0.25, -0.2) is 0 Å². The van der Waals surface area contributed by atoms with Gasteiger partial charge in [-0.1, -0.05) is 84.1 Å². The van der Waals surface area contributed by atoms with E-state index in [4.69, 9.17) is 0 Å². The Morgan fingerprint density at radius 2 is 0.868 bits per heavy atom. The molecule has 0 aliphatic carbocycles. The van der Waals surface area contributed by atoms with Crippen molar-refractivity contribution in [2.45, 2.75) is 20.8 Å². The molecule has 0 spiro atoms. The van der Waals surface area contributed by atoms with Gasteiger partial charge in [0.05, 0.1) is 21.5 Å². The molecule has 0 N–H and O–H groups in total. The van der Waals surface area contributed by atoms with E-state index in [0.29, 0.717) is 0 Å². The Balaban J connectivity index is 1.76. The molecule has 0 radical (unpaired) electrons. The Hall–Kier alpha value is -4.69. The number of nitrogens with zero attached hydrogens (tertiary/aromatic N) is 1. The van der Waals surface area contributed by atoms with Crippen LogP contribution in [0, 0.1) is 20.8 Å². The summed E-state index contributed by atoms with van der Waals surface area (Å²) < 4.78 is 2.37. The van der Waals surface area contributed by atoms with E-state index in [1.165, 1.54) is 38.6 Å².